The average molecular weight is 273 g/mol. The summed E-state index contributed by atoms with van der Waals surface area (Å²) >= 11 is 0. The van der Waals surface area contributed by atoms with Gasteiger partial charge in [0, 0.05) is 6.04 Å². The van der Waals surface area contributed by atoms with Crippen LogP contribution in [0.2, 0.25) is 0 Å². The highest BCUT2D eigenvalue weighted by Gasteiger charge is 2.34. The van der Waals surface area contributed by atoms with Crippen LogP contribution in [0.1, 0.15) is 18.6 Å². The SMILES string of the molecule is Nc1cccc(N(Cc2ccco2)C2CC2)c1[N+](=O)[O-]. The Morgan fingerprint density at radius 2 is 2.15 bits per heavy atom. The van der Waals surface area contributed by atoms with E-state index >= 15 is 0 Å². The number of rotatable bonds is 5. The van der Waals surface area contributed by atoms with E-state index in [0.29, 0.717) is 18.3 Å². The number of nitro groups is 1. The Morgan fingerprint density at radius 3 is 2.75 bits per heavy atom. The highest BCUT2D eigenvalue weighted by molar-refractivity contribution is 5.75. The first-order valence-electron chi connectivity index (χ1n) is 6.48. The van der Waals surface area contributed by atoms with E-state index in [4.69, 9.17) is 10.2 Å². The molecule has 6 nitrogen and oxygen atoms in total. The number of anilines is 2. The van der Waals surface area contributed by atoms with Crippen molar-refractivity contribution in [1.29, 1.82) is 0 Å². The lowest BCUT2D eigenvalue weighted by Gasteiger charge is -2.23. The van der Waals surface area contributed by atoms with Crippen molar-refractivity contribution in [3.05, 3.63) is 52.5 Å². The maximum Gasteiger partial charge on any atom is 0.315 e. The minimum atomic E-state index is -0.415. The Balaban J connectivity index is 1.99. The van der Waals surface area contributed by atoms with Gasteiger partial charge in [0.25, 0.3) is 0 Å². The summed E-state index contributed by atoms with van der Waals surface area (Å²) in [5.41, 5.74) is 6.50. The van der Waals surface area contributed by atoms with Gasteiger partial charge in [-0.1, -0.05) is 6.07 Å². The first kappa shape index (κ1) is 12.5. The van der Waals surface area contributed by atoms with Crippen molar-refractivity contribution in [3.8, 4) is 0 Å². The predicted molar refractivity (Wildman–Crippen MR) is 75.4 cm³/mol. The van der Waals surface area contributed by atoms with Crippen molar-refractivity contribution in [2.45, 2.75) is 25.4 Å². The fourth-order valence-corrected chi connectivity index (χ4v) is 2.35. The number of para-hydroxylation sites is 1. The quantitative estimate of drug-likeness (QED) is 0.514. The summed E-state index contributed by atoms with van der Waals surface area (Å²) in [5.74, 6) is 0.786. The first-order valence-corrected chi connectivity index (χ1v) is 6.48. The summed E-state index contributed by atoms with van der Waals surface area (Å²) in [7, 11) is 0. The Hall–Kier alpha value is -2.50. The third-order valence-electron chi connectivity index (χ3n) is 3.43. The zero-order chi connectivity index (χ0) is 14.1. The van der Waals surface area contributed by atoms with Gasteiger partial charge in [0.1, 0.15) is 17.1 Å². The van der Waals surface area contributed by atoms with Gasteiger partial charge in [0.05, 0.1) is 17.7 Å². The fraction of sp³-hybridized carbons (Fsp3) is 0.286. The monoisotopic (exact) mass is 273 g/mol. The van der Waals surface area contributed by atoms with E-state index in [1.165, 1.54) is 0 Å². The molecular formula is C14H15N3O3. The molecular weight excluding hydrogens is 258 g/mol. The molecule has 1 aliphatic carbocycles. The minimum Gasteiger partial charge on any atom is -0.467 e. The largest absolute Gasteiger partial charge is 0.467 e. The van der Waals surface area contributed by atoms with Crippen LogP contribution in [0.5, 0.6) is 0 Å². The molecule has 0 spiro atoms. The number of furan rings is 1. The summed E-state index contributed by atoms with van der Waals surface area (Å²) in [4.78, 5) is 12.9. The number of benzene rings is 1. The van der Waals surface area contributed by atoms with E-state index in [1.54, 1.807) is 24.5 Å². The Labute approximate surface area is 115 Å². The Kier molecular flexibility index (Phi) is 3.06. The van der Waals surface area contributed by atoms with Crippen molar-refractivity contribution >= 4 is 17.1 Å². The van der Waals surface area contributed by atoms with Gasteiger partial charge < -0.3 is 15.1 Å². The lowest BCUT2D eigenvalue weighted by molar-refractivity contribution is -0.383. The van der Waals surface area contributed by atoms with Crippen LogP contribution in [-0.2, 0) is 6.54 Å². The van der Waals surface area contributed by atoms with Gasteiger partial charge in [-0.05, 0) is 37.1 Å². The highest BCUT2D eigenvalue weighted by atomic mass is 16.6. The zero-order valence-corrected chi connectivity index (χ0v) is 10.9. The number of nitrogens with two attached hydrogens (primary N) is 1. The van der Waals surface area contributed by atoms with Crippen molar-refractivity contribution < 1.29 is 9.34 Å². The third-order valence-corrected chi connectivity index (χ3v) is 3.43. The lowest BCUT2D eigenvalue weighted by Crippen LogP contribution is -2.25. The molecule has 104 valence electrons. The molecule has 20 heavy (non-hydrogen) atoms. The molecule has 0 saturated heterocycles. The molecule has 0 unspecified atom stereocenters. The van der Waals surface area contributed by atoms with Crippen molar-refractivity contribution in [3.63, 3.8) is 0 Å². The zero-order valence-electron chi connectivity index (χ0n) is 10.9. The van der Waals surface area contributed by atoms with E-state index in [2.05, 4.69) is 0 Å². The molecule has 2 N–H and O–H groups in total. The second kappa shape index (κ2) is 4.88. The van der Waals surface area contributed by atoms with Crippen LogP contribution < -0.4 is 10.6 Å². The highest BCUT2D eigenvalue weighted by Crippen LogP contribution is 2.40. The molecule has 1 aliphatic rings. The number of nitrogen functional groups attached to an aromatic ring is 1. The summed E-state index contributed by atoms with van der Waals surface area (Å²) in [5, 5.41) is 11.3. The number of hydrogen-bond donors (Lipinski definition) is 1. The fourth-order valence-electron chi connectivity index (χ4n) is 2.35. The van der Waals surface area contributed by atoms with E-state index in [1.807, 2.05) is 17.0 Å². The maximum absolute atomic E-state index is 11.3. The van der Waals surface area contributed by atoms with Gasteiger partial charge in [0.2, 0.25) is 0 Å². The molecule has 6 heteroatoms. The molecule has 1 aromatic heterocycles. The van der Waals surface area contributed by atoms with Gasteiger partial charge in [-0.3, -0.25) is 10.1 Å². The molecule has 0 amide bonds. The molecule has 1 heterocycles. The summed E-state index contributed by atoms with van der Waals surface area (Å²) in [6.07, 6.45) is 3.67. The normalized spacial score (nSPS) is 14.2. The third kappa shape index (κ3) is 2.32. The first-order chi connectivity index (χ1) is 9.66. The van der Waals surface area contributed by atoms with Gasteiger partial charge in [-0.25, -0.2) is 0 Å². The van der Waals surface area contributed by atoms with Crippen molar-refractivity contribution in [2.75, 3.05) is 10.6 Å². The van der Waals surface area contributed by atoms with Gasteiger partial charge in [-0.2, -0.15) is 0 Å². The van der Waals surface area contributed by atoms with Crippen molar-refractivity contribution in [1.82, 2.24) is 0 Å². The molecule has 0 atom stereocenters. The smallest absolute Gasteiger partial charge is 0.315 e. The predicted octanol–water partition coefficient (Wildman–Crippen LogP) is 2.94. The van der Waals surface area contributed by atoms with Gasteiger partial charge in [-0.15, -0.1) is 0 Å². The molecule has 0 radical (unpaired) electrons. The van der Waals surface area contributed by atoms with Crippen LogP contribution in [0.3, 0.4) is 0 Å². The topological polar surface area (TPSA) is 85.5 Å². The average Bonchev–Trinajstić information content (AvgIpc) is 3.12. The van der Waals surface area contributed by atoms with E-state index < -0.39 is 4.92 Å². The van der Waals surface area contributed by atoms with E-state index in [-0.39, 0.29) is 11.4 Å². The number of hydrogen-bond acceptors (Lipinski definition) is 5. The van der Waals surface area contributed by atoms with Crippen LogP contribution in [0, 0.1) is 10.1 Å². The van der Waals surface area contributed by atoms with Gasteiger partial charge >= 0.3 is 5.69 Å². The summed E-state index contributed by atoms with van der Waals surface area (Å²) in [6, 6.07) is 9.05. The van der Waals surface area contributed by atoms with E-state index in [9.17, 15) is 10.1 Å². The standard InChI is InChI=1S/C14H15N3O3/c15-12-4-1-5-13(14(12)17(18)19)16(10-6-7-10)9-11-3-2-8-20-11/h1-5,8,10H,6-7,9,15H2. The molecule has 0 bridgehead atoms. The van der Waals surface area contributed by atoms with Crippen LogP contribution >= 0.6 is 0 Å². The molecule has 1 fully saturated rings. The minimum absolute atomic E-state index is 0.0223. The van der Waals surface area contributed by atoms with Crippen LogP contribution in [0.4, 0.5) is 17.1 Å². The van der Waals surface area contributed by atoms with Crippen LogP contribution in [0.15, 0.2) is 41.0 Å². The van der Waals surface area contributed by atoms with Crippen LogP contribution in [-0.4, -0.2) is 11.0 Å². The molecule has 1 aromatic carbocycles. The summed E-state index contributed by atoms with van der Waals surface area (Å²) < 4.78 is 5.35. The van der Waals surface area contributed by atoms with E-state index in [0.717, 1.165) is 18.6 Å². The molecule has 0 aliphatic heterocycles. The van der Waals surface area contributed by atoms with Gasteiger partial charge in [0.15, 0.2) is 0 Å². The Morgan fingerprint density at radius 1 is 1.35 bits per heavy atom. The van der Waals surface area contributed by atoms with Crippen LogP contribution in [0.25, 0.3) is 0 Å². The molecule has 3 rings (SSSR count). The maximum atomic E-state index is 11.3. The molecule has 2 aromatic rings. The second-order valence-corrected chi connectivity index (χ2v) is 4.91. The Bertz CT molecular complexity index is 621. The number of nitro benzene ring substituents is 1. The molecule has 1 saturated carbocycles. The summed E-state index contributed by atoms with van der Waals surface area (Å²) in [6.45, 7) is 0.516. The van der Waals surface area contributed by atoms with Crippen molar-refractivity contribution in [2.24, 2.45) is 0 Å². The lowest BCUT2D eigenvalue weighted by atomic mass is 10.2. The second-order valence-electron chi connectivity index (χ2n) is 4.91. The number of nitrogens with zero attached hydrogens (tertiary/aromatic N) is 2.